The average Bonchev–Trinajstić information content (AvgIpc) is 2.63. The highest BCUT2D eigenvalue weighted by Gasteiger charge is 2.11. The van der Waals surface area contributed by atoms with Crippen LogP contribution in [0.3, 0.4) is 0 Å². The third-order valence-corrected chi connectivity index (χ3v) is 2.09. The van der Waals surface area contributed by atoms with Crippen LogP contribution in [0.4, 0.5) is 8.78 Å². The number of nitrogens with zero attached hydrogens (tertiary/aromatic N) is 2. The van der Waals surface area contributed by atoms with Gasteiger partial charge in [-0.3, -0.25) is 4.57 Å². The van der Waals surface area contributed by atoms with Crippen molar-refractivity contribution in [2.75, 3.05) is 0 Å². The second-order valence-electron chi connectivity index (χ2n) is 3.33. The molecular weight excluding hydrogens is 200 g/mol. The molecule has 0 bridgehead atoms. The largest absolute Gasteiger partial charge is 0.319 e. The number of alkyl halides is 2. The minimum absolute atomic E-state index is 0.213. The highest BCUT2D eigenvalue weighted by atomic mass is 19.3. The van der Waals surface area contributed by atoms with Gasteiger partial charge in [-0.25, -0.2) is 4.98 Å². The van der Waals surface area contributed by atoms with Crippen molar-refractivity contribution in [1.29, 1.82) is 0 Å². The maximum atomic E-state index is 12.4. The maximum Gasteiger partial charge on any atom is 0.319 e. The Kier molecular flexibility index (Phi) is 4.42. The number of aromatic nitrogens is 2. The molecule has 0 radical (unpaired) electrons. The lowest BCUT2D eigenvalue weighted by atomic mass is 10.2. The molecule has 15 heavy (non-hydrogen) atoms. The summed E-state index contributed by atoms with van der Waals surface area (Å²) in [5.74, 6) is 0.348. The van der Waals surface area contributed by atoms with E-state index in [0.29, 0.717) is 12.4 Å². The van der Waals surface area contributed by atoms with E-state index < -0.39 is 6.55 Å². The molecule has 0 amide bonds. The lowest BCUT2D eigenvalue weighted by Crippen LogP contribution is -2.26. The van der Waals surface area contributed by atoms with Gasteiger partial charge in [0.1, 0.15) is 5.82 Å². The molecule has 0 fully saturated rings. The molecular formula is C10H15F2N3. The van der Waals surface area contributed by atoms with Crippen LogP contribution in [0.5, 0.6) is 0 Å². The Bertz CT molecular complexity index is 309. The van der Waals surface area contributed by atoms with Crippen LogP contribution in [0.15, 0.2) is 25.0 Å². The van der Waals surface area contributed by atoms with Gasteiger partial charge in [0.05, 0.1) is 6.54 Å². The molecule has 0 spiro atoms. The van der Waals surface area contributed by atoms with Gasteiger partial charge in [-0.05, 0) is 13.3 Å². The first-order valence-corrected chi connectivity index (χ1v) is 4.79. The summed E-state index contributed by atoms with van der Waals surface area (Å²) < 4.78 is 25.7. The summed E-state index contributed by atoms with van der Waals surface area (Å²) in [7, 11) is 0. The molecule has 1 aromatic rings. The molecule has 1 unspecified atom stereocenters. The van der Waals surface area contributed by atoms with Gasteiger partial charge >= 0.3 is 6.55 Å². The normalized spacial score (nSPS) is 13.1. The first kappa shape index (κ1) is 11.8. The van der Waals surface area contributed by atoms with Gasteiger partial charge in [0.25, 0.3) is 0 Å². The summed E-state index contributed by atoms with van der Waals surface area (Å²) >= 11 is 0. The fourth-order valence-corrected chi connectivity index (χ4v) is 1.26. The number of hydrogen-bond donors (Lipinski definition) is 1. The highest BCUT2D eigenvalue weighted by Crippen LogP contribution is 2.12. The Morgan fingerprint density at radius 2 is 2.40 bits per heavy atom. The number of imidazole rings is 1. The van der Waals surface area contributed by atoms with Crippen molar-refractivity contribution in [3.05, 3.63) is 30.9 Å². The summed E-state index contributed by atoms with van der Waals surface area (Å²) in [5.41, 5.74) is 0. The molecule has 5 heteroatoms. The van der Waals surface area contributed by atoms with Gasteiger partial charge in [-0.2, -0.15) is 8.78 Å². The molecule has 84 valence electrons. The molecule has 0 aliphatic rings. The molecule has 3 nitrogen and oxygen atoms in total. The lowest BCUT2D eigenvalue weighted by molar-refractivity contribution is 0.0665. The molecule has 0 aliphatic carbocycles. The quantitative estimate of drug-likeness (QED) is 0.738. The standard InChI is InChI=1S/C10H15F2N3/c1-3-4-8(2)14-7-9-13-5-6-15(9)10(11)12/h3,5-6,8,10,14H,1,4,7H2,2H3. The van der Waals surface area contributed by atoms with Crippen molar-refractivity contribution < 1.29 is 8.78 Å². The van der Waals surface area contributed by atoms with Crippen LogP contribution in [-0.2, 0) is 6.54 Å². The van der Waals surface area contributed by atoms with Crippen LogP contribution >= 0.6 is 0 Å². The molecule has 0 saturated heterocycles. The maximum absolute atomic E-state index is 12.4. The summed E-state index contributed by atoms with van der Waals surface area (Å²) in [6.45, 7) is 3.39. The zero-order chi connectivity index (χ0) is 11.3. The molecule has 1 heterocycles. The summed E-state index contributed by atoms with van der Waals surface area (Å²) in [6, 6.07) is 0.213. The molecule has 0 saturated carbocycles. The van der Waals surface area contributed by atoms with E-state index in [0.717, 1.165) is 11.0 Å². The smallest absolute Gasteiger partial charge is 0.307 e. The van der Waals surface area contributed by atoms with Gasteiger partial charge in [0, 0.05) is 18.4 Å². The third kappa shape index (κ3) is 3.43. The third-order valence-electron chi connectivity index (χ3n) is 2.09. The number of nitrogens with one attached hydrogen (secondary N) is 1. The number of hydrogen-bond acceptors (Lipinski definition) is 2. The van der Waals surface area contributed by atoms with Crippen molar-refractivity contribution in [2.45, 2.75) is 32.5 Å². The van der Waals surface area contributed by atoms with E-state index in [1.165, 1.54) is 12.4 Å². The minimum atomic E-state index is -2.53. The average molecular weight is 215 g/mol. The van der Waals surface area contributed by atoms with Crippen molar-refractivity contribution in [3.63, 3.8) is 0 Å². The molecule has 0 aliphatic heterocycles. The Labute approximate surface area is 87.8 Å². The SMILES string of the molecule is C=CCC(C)NCc1nccn1C(F)F. The lowest BCUT2D eigenvalue weighted by Gasteiger charge is -2.12. The summed E-state index contributed by atoms with van der Waals surface area (Å²) in [6.07, 6.45) is 5.24. The second-order valence-corrected chi connectivity index (χ2v) is 3.33. The second kappa shape index (κ2) is 5.60. The first-order valence-electron chi connectivity index (χ1n) is 4.79. The van der Waals surface area contributed by atoms with Crippen molar-refractivity contribution in [3.8, 4) is 0 Å². The molecule has 1 aromatic heterocycles. The Morgan fingerprint density at radius 1 is 1.67 bits per heavy atom. The molecule has 1 rings (SSSR count). The van der Waals surface area contributed by atoms with E-state index >= 15 is 0 Å². The fourth-order valence-electron chi connectivity index (χ4n) is 1.26. The van der Waals surface area contributed by atoms with E-state index in [-0.39, 0.29) is 6.04 Å². The van der Waals surface area contributed by atoms with Crippen LogP contribution in [0.2, 0.25) is 0 Å². The van der Waals surface area contributed by atoms with Gasteiger partial charge in [0.15, 0.2) is 0 Å². The monoisotopic (exact) mass is 215 g/mol. The van der Waals surface area contributed by atoms with E-state index in [9.17, 15) is 8.78 Å². The number of rotatable bonds is 6. The Balaban J connectivity index is 2.49. The van der Waals surface area contributed by atoms with E-state index in [2.05, 4.69) is 16.9 Å². The minimum Gasteiger partial charge on any atom is -0.307 e. The molecule has 1 N–H and O–H groups in total. The summed E-state index contributed by atoms with van der Waals surface area (Å²) in [5, 5.41) is 3.09. The topological polar surface area (TPSA) is 29.9 Å². The van der Waals surface area contributed by atoms with Gasteiger partial charge in [-0.1, -0.05) is 6.08 Å². The zero-order valence-electron chi connectivity index (χ0n) is 8.66. The predicted octanol–water partition coefficient (Wildman–Crippen LogP) is 2.33. The fraction of sp³-hybridized carbons (Fsp3) is 0.500. The Morgan fingerprint density at radius 3 is 3.00 bits per heavy atom. The van der Waals surface area contributed by atoms with E-state index in [1.807, 2.05) is 6.92 Å². The highest BCUT2D eigenvalue weighted by molar-refractivity contribution is 4.93. The van der Waals surface area contributed by atoms with Crippen LogP contribution in [0.1, 0.15) is 25.7 Å². The van der Waals surface area contributed by atoms with Crippen LogP contribution < -0.4 is 5.32 Å². The van der Waals surface area contributed by atoms with Crippen LogP contribution in [-0.4, -0.2) is 15.6 Å². The van der Waals surface area contributed by atoms with Crippen molar-refractivity contribution in [1.82, 2.24) is 14.9 Å². The predicted molar refractivity (Wildman–Crippen MR) is 54.6 cm³/mol. The molecule has 1 atom stereocenters. The van der Waals surface area contributed by atoms with Gasteiger partial charge < -0.3 is 5.32 Å². The van der Waals surface area contributed by atoms with Gasteiger partial charge in [-0.15, -0.1) is 6.58 Å². The first-order chi connectivity index (χ1) is 7.15. The number of halogens is 2. The van der Waals surface area contributed by atoms with E-state index in [4.69, 9.17) is 0 Å². The van der Waals surface area contributed by atoms with Crippen molar-refractivity contribution in [2.24, 2.45) is 0 Å². The van der Waals surface area contributed by atoms with E-state index in [1.54, 1.807) is 6.08 Å². The van der Waals surface area contributed by atoms with Gasteiger partial charge in [0.2, 0.25) is 0 Å². The van der Waals surface area contributed by atoms with Crippen molar-refractivity contribution >= 4 is 0 Å². The van der Waals surface area contributed by atoms with Crippen LogP contribution in [0.25, 0.3) is 0 Å². The molecule has 0 aromatic carbocycles. The Hall–Kier alpha value is -1.23. The van der Waals surface area contributed by atoms with Crippen LogP contribution in [0, 0.1) is 0 Å². The summed E-state index contributed by atoms with van der Waals surface area (Å²) in [4.78, 5) is 3.86. The zero-order valence-corrected chi connectivity index (χ0v) is 8.66.